The van der Waals surface area contributed by atoms with Gasteiger partial charge in [0, 0.05) is 0 Å². The van der Waals surface area contributed by atoms with E-state index < -0.39 is 28.4 Å². The molecule has 0 spiro atoms. The zero-order valence-corrected chi connectivity index (χ0v) is 18.6. The van der Waals surface area contributed by atoms with Crippen LogP contribution < -0.4 is 0 Å². The molecule has 28 heavy (non-hydrogen) atoms. The molecule has 1 aromatic carbocycles. The third-order valence-corrected chi connectivity index (χ3v) is 6.83. The van der Waals surface area contributed by atoms with Crippen molar-refractivity contribution in [1.29, 1.82) is 0 Å². The molecule has 0 aliphatic carbocycles. The van der Waals surface area contributed by atoms with Crippen molar-refractivity contribution in [2.75, 3.05) is 6.61 Å². The van der Waals surface area contributed by atoms with Crippen molar-refractivity contribution in [3.8, 4) is 0 Å². The molecule has 7 heteroatoms. The minimum absolute atomic E-state index is 0.0518. The first kappa shape index (κ1) is 22.9. The number of benzene rings is 1. The van der Waals surface area contributed by atoms with Crippen LogP contribution in [0.15, 0.2) is 52.9 Å². The third kappa shape index (κ3) is 5.14. The highest BCUT2D eigenvalue weighted by atomic mass is 32.2. The number of rotatable bonds is 8. The molecule has 0 saturated carbocycles. The minimum atomic E-state index is -3.78. The number of hydrogen-bond acceptors (Lipinski definition) is 5. The van der Waals surface area contributed by atoms with Crippen LogP contribution >= 0.6 is 0 Å². The lowest BCUT2D eigenvalue weighted by molar-refractivity contribution is 0.00578. The van der Waals surface area contributed by atoms with Crippen LogP contribution in [0.25, 0.3) is 0 Å². The average molecular weight is 406 g/mol. The summed E-state index contributed by atoms with van der Waals surface area (Å²) < 4.78 is 42.2. The summed E-state index contributed by atoms with van der Waals surface area (Å²) in [7, 11) is -4.24. The highest BCUT2D eigenvalue weighted by Crippen LogP contribution is 2.39. The molecule has 1 saturated heterocycles. The fourth-order valence-corrected chi connectivity index (χ4v) is 3.78. The van der Waals surface area contributed by atoms with Crippen molar-refractivity contribution in [1.82, 2.24) is 0 Å². The molecule has 154 valence electrons. The normalized spacial score (nSPS) is 19.4. The van der Waals surface area contributed by atoms with Gasteiger partial charge >= 0.3 is 7.12 Å². The predicted octanol–water partition coefficient (Wildman–Crippen LogP) is 4.61. The Morgan fingerprint density at radius 2 is 1.68 bits per heavy atom. The lowest BCUT2D eigenvalue weighted by atomic mass is 9.75. The molecule has 0 aromatic heterocycles. The van der Waals surface area contributed by atoms with Gasteiger partial charge in [-0.2, -0.15) is 8.42 Å². The highest BCUT2D eigenvalue weighted by molar-refractivity contribution is 7.86. The highest BCUT2D eigenvalue weighted by Gasteiger charge is 2.51. The smallest absolute Gasteiger partial charge is 0.400 e. The molecule has 0 radical (unpaired) electrons. The van der Waals surface area contributed by atoms with Crippen LogP contribution in [-0.4, -0.2) is 33.3 Å². The van der Waals surface area contributed by atoms with Crippen LogP contribution in [0.2, 0.25) is 0 Å². The molecular weight excluding hydrogens is 375 g/mol. The van der Waals surface area contributed by atoms with E-state index >= 15 is 0 Å². The number of hydrogen-bond donors (Lipinski definition) is 0. The summed E-state index contributed by atoms with van der Waals surface area (Å²) in [5.41, 5.74) is 2.09. The van der Waals surface area contributed by atoms with Crippen molar-refractivity contribution in [2.45, 2.75) is 70.5 Å². The summed E-state index contributed by atoms with van der Waals surface area (Å²) in [5.74, 6) is 0. The summed E-state index contributed by atoms with van der Waals surface area (Å²) in [6.45, 7) is 15.7. The molecule has 0 bridgehead atoms. The number of aryl methyl sites for hydroxylation is 1. The van der Waals surface area contributed by atoms with Gasteiger partial charge in [-0.1, -0.05) is 29.3 Å². The Bertz CT molecular complexity index is 822. The second-order valence-corrected chi connectivity index (χ2v) is 9.82. The van der Waals surface area contributed by atoms with E-state index in [-0.39, 0.29) is 11.5 Å². The predicted molar refractivity (Wildman–Crippen MR) is 113 cm³/mol. The van der Waals surface area contributed by atoms with Gasteiger partial charge in [0.15, 0.2) is 0 Å². The Labute approximate surface area is 170 Å². The van der Waals surface area contributed by atoms with Crippen LogP contribution in [0.4, 0.5) is 0 Å². The van der Waals surface area contributed by atoms with Crippen molar-refractivity contribution in [2.24, 2.45) is 0 Å². The number of allylic oxidation sites excluding steroid dienone is 2. The van der Waals surface area contributed by atoms with Gasteiger partial charge in [-0.15, -0.1) is 6.58 Å². The Morgan fingerprint density at radius 1 is 1.14 bits per heavy atom. The average Bonchev–Trinajstić information content (AvgIpc) is 2.81. The monoisotopic (exact) mass is 406 g/mol. The molecule has 0 atom stereocenters. The molecule has 1 heterocycles. The second kappa shape index (κ2) is 8.53. The Hall–Kier alpha value is -1.41. The van der Waals surface area contributed by atoms with E-state index in [2.05, 4.69) is 6.58 Å². The van der Waals surface area contributed by atoms with Crippen molar-refractivity contribution < 1.29 is 21.9 Å². The summed E-state index contributed by atoms with van der Waals surface area (Å²) >= 11 is 0. The fourth-order valence-electron chi connectivity index (χ4n) is 2.87. The zero-order valence-electron chi connectivity index (χ0n) is 17.7. The molecule has 1 fully saturated rings. The summed E-state index contributed by atoms with van der Waals surface area (Å²) in [4.78, 5) is 0.162. The van der Waals surface area contributed by atoms with E-state index in [1.807, 2.05) is 41.5 Å². The molecular formula is C21H31BO5S. The van der Waals surface area contributed by atoms with E-state index in [4.69, 9.17) is 13.5 Å². The Morgan fingerprint density at radius 3 is 2.18 bits per heavy atom. The summed E-state index contributed by atoms with van der Waals surface area (Å²) in [6.07, 6.45) is 2.86. The summed E-state index contributed by atoms with van der Waals surface area (Å²) in [6, 6.07) is 6.62. The van der Waals surface area contributed by atoms with E-state index in [0.717, 1.165) is 16.6 Å². The van der Waals surface area contributed by atoms with Gasteiger partial charge in [0.2, 0.25) is 0 Å². The maximum absolute atomic E-state index is 12.4. The molecule has 1 aromatic rings. The van der Waals surface area contributed by atoms with Crippen LogP contribution in [0.5, 0.6) is 0 Å². The maximum atomic E-state index is 12.4. The second-order valence-electron chi connectivity index (χ2n) is 8.21. The van der Waals surface area contributed by atoms with E-state index in [0.29, 0.717) is 12.8 Å². The lowest BCUT2D eigenvalue weighted by Gasteiger charge is -2.32. The maximum Gasteiger partial charge on any atom is 0.490 e. The molecule has 0 amide bonds. The first-order valence-electron chi connectivity index (χ1n) is 9.51. The minimum Gasteiger partial charge on any atom is -0.400 e. The summed E-state index contributed by atoms with van der Waals surface area (Å²) in [5, 5.41) is 0. The molecule has 2 rings (SSSR count). The first-order valence-corrected chi connectivity index (χ1v) is 10.9. The van der Waals surface area contributed by atoms with Crippen LogP contribution in [-0.2, 0) is 23.6 Å². The topological polar surface area (TPSA) is 61.8 Å². The van der Waals surface area contributed by atoms with E-state index in [1.54, 1.807) is 30.3 Å². The Kier molecular flexibility index (Phi) is 6.97. The van der Waals surface area contributed by atoms with Gasteiger partial charge in [-0.25, -0.2) is 0 Å². The van der Waals surface area contributed by atoms with Gasteiger partial charge in [0.25, 0.3) is 10.1 Å². The third-order valence-electron chi connectivity index (χ3n) is 5.51. The van der Waals surface area contributed by atoms with E-state index in [1.165, 1.54) is 0 Å². The molecule has 1 aliphatic heterocycles. The fraction of sp³-hybridized carbons (Fsp3) is 0.524. The molecule has 0 unspecified atom stereocenters. The lowest BCUT2D eigenvalue weighted by Crippen LogP contribution is -2.41. The van der Waals surface area contributed by atoms with E-state index in [9.17, 15) is 8.42 Å². The van der Waals surface area contributed by atoms with Gasteiger partial charge in [-0.3, -0.25) is 4.18 Å². The molecule has 1 aliphatic rings. The van der Waals surface area contributed by atoms with Crippen LogP contribution in [0.1, 0.15) is 53.0 Å². The van der Waals surface area contributed by atoms with Crippen LogP contribution in [0, 0.1) is 6.92 Å². The van der Waals surface area contributed by atoms with Crippen LogP contribution in [0.3, 0.4) is 0 Å². The standard InChI is InChI=1S/C21H31BO5S/c1-8-9-18(17(3)22-26-20(4,5)21(6,7)27-22)14-15-25-28(23,24)19-12-10-16(2)11-13-19/h8,10-13H,1,9,14-15H2,2-7H3/b18-17+. The quantitative estimate of drug-likeness (QED) is 0.358. The van der Waals surface area contributed by atoms with Crippen molar-refractivity contribution >= 4 is 17.2 Å². The van der Waals surface area contributed by atoms with Crippen molar-refractivity contribution in [3.05, 3.63) is 53.5 Å². The SMILES string of the molecule is C=CC/C(CCOS(=O)(=O)c1ccc(C)cc1)=C(/C)B1OC(C)(C)C(C)(C)O1. The first-order chi connectivity index (χ1) is 12.9. The van der Waals surface area contributed by atoms with Gasteiger partial charge < -0.3 is 9.31 Å². The largest absolute Gasteiger partial charge is 0.490 e. The molecule has 0 N–H and O–H groups in total. The molecule has 5 nitrogen and oxygen atoms in total. The Balaban J connectivity index is 2.09. The van der Waals surface area contributed by atoms with Crippen molar-refractivity contribution in [3.63, 3.8) is 0 Å². The van der Waals surface area contributed by atoms with Gasteiger partial charge in [0.05, 0.1) is 22.7 Å². The van der Waals surface area contributed by atoms with Gasteiger partial charge in [0.1, 0.15) is 0 Å². The van der Waals surface area contributed by atoms with Gasteiger partial charge in [-0.05, 0) is 72.0 Å². The zero-order chi connectivity index (χ0) is 21.2.